The Balaban J connectivity index is 2.82. The summed E-state index contributed by atoms with van der Waals surface area (Å²) in [4.78, 5) is 4.04. The van der Waals surface area contributed by atoms with Crippen LogP contribution in [0.2, 0.25) is 0 Å². The van der Waals surface area contributed by atoms with E-state index in [-0.39, 0.29) is 6.54 Å². The summed E-state index contributed by atoms with van der Waals surface area (Å²) in [5.41, 5.74) is -12.4. The van der Waals surface area contributed by atoms with Crippen LogP contribution in [-0.2, 0) is 32.8 Å². The van der Waals surface area contributed by atoms with Crippen LogP contribution in [0, 0.1) is 0 Å². The summed E-state index contributed by atoms with van der Waals surface area (Å²) < 4.78 is 123. The number of hydrogen-bond acceptors (Lipinski definition) is 6. The molecule has 0 radical (unpaired) electrons. The van der Waals surface area contributed by atoms with E-state index in [1.807, 2.05) is 0 Å². The second-order valence-corrected chi connectivity index (χ2v) is 8.63. The second kappa shape index (κ2) is 5.32. The molecule has 1 aliphatic heterocycles. The third-order valence-electron chi connectivity index (χ3n) is 3.23. The molecule has 2 heterocycles. The standard InChI is InChI=1S/C9H9F6N3O4S2/c1-17-2-3-18-5(4-17)6(23(19,20)8(10,11)12)16-7(18)24(21,22)9(13,14)15/h2-4H2,1H3. The molecule has 0 atom stereocenters. The number of nitrogens with zero attached hydrogens (tertiary/aromatic N) is 3. The van der Waals surface area contributed by atoms with Crippen LogP contribution in [-0.4, -0.2) is 55.9 Å². The predicted octanol–water partition coefficient (Wildman–Crippen LogP) is 0.916. The summed E-state index contributed by atoms with van der Waals surface area (Å²) >= 11 is 0. The van der Waals surface area contributed by atoms with Gasteiger partial charge in [-0.05, 0) is 7.05 Å². The van der Waals surface area contributed by atoms with Crippen molar-refractivity contribution in [1.82, 2.24) is 14.5 Å². The Morgan fingerprint density at radius 2 is 1.42 bits per heavy atom. The average molecular weight is 401 g/mol. The van der Waals surface area contributed by atoms with Crippen molar-refractivity contribution in [3.05, 3.63) is 5.69 Å². The molecule has 24 heavy (non-hydrogen) atoms. The van der Waals surface area contributed by atoms with Crippen LogP contribution in [0.4, 0.5) is 26.3 Å². The van der Waals surface area contributed by atoms with Crippen LogP contribution in [0.3, 0.4) is 0 Å². The van der Waals surface area contributed by atoms with E-state index >= 15 is 0 Å². The van der Waals surface area contributed by atoms with Crippen molar-refractivity contribution >= 4 is 19.7 Å². The largest absolute Gasteiger partial charge is 0.504 e. The highest BCUT2D eigenvalue weighted by Crippen LogP contribution is 2.37. The summed E-state index contributed by atoms with van der Waals surface area (Å²) in [5, 5.41) is -3.50. The van der Waals surface area contributed by atoms with Gasteiger partial charge < -0.3 is 4.57 Å². The first-order valence-corrected chi connectivity index (χ1v) is 8.98. The molecule has 0 unspecified atom stereocenters. The van der Waals surface area contributed by atoms with Gasteiger partial charge >= 0.3 is 20.9 Å². The van der Waals surface area contributed by atoms with E-state index < -0.39 is 59.7 Å². The Morgan fingerprint density at radius 3 is 1.88 bits per heavy atom. The fourth-order valence-corrected chi connectivity index (χ4v) is 3.94. The molecule has 1 aromatic rings. The maximum absolute atomic E-state index is 12.7. The SMILES string of the molecule is CN1CCn2c(S(=O)(=O)C(F)(F)F)nc(S(=O)(=O)C(F)(F)F)c2C1. The van der Waals surface area contributed by atoms with Crippen molar-refractivity contribution in [1.29, 1.82) is 0 Å². The van der Waals surface area contributed by atoms with Gasteiger partial charge in [0.05, 0.1) is 5.69 Å². The Kier molecular flexibility index (Phi) is 4.21. The van der Waals surface area contributed by atoms with Crippen molar-refractivity contribution in [2.75, 3.05) is 13.6 Å². The molecule has 0 fully saturated rings. The van der Waals surface area contributed by atoms with E-state index in [4.69, 9.17) is 0 Å². The molecular weight excluding hydrogens is 392 g/mol. The van der Waals surface area contributed by atoms with Crippen molar-refractivity contribution in [2.45, 2.75) is 34.3 Å². The van der Waals surface area contributed by atoms with E-state index in [1.54, 1.807) is 0 Å². The molecule has 15 heteroatoms. The Labute approximate surface area is 131 Å². The van der Waals surface area contributed by atoms with Crippen molar-refractivity contribution in [3.63, 3.8) is 0 Å². The van der Waals surface area contributed by atoms with Gasteiger partial charge in [0.1, 0.15) is 0 Å². The normalized spacial score (nSPS) is 17.8. The third-order valence-corrected chi connectivity index (χ3v) is 6.08. The first-order valence-electron chi connectivity index (χ1n) is 6.01. The first kappa shape index (κ1) is 19.0. The van der Waals surface area contributed by atoms with Crippen LogP contribution in [0.5, 0.6) is 0 Å². The molecular formula is C9H9F6N3O4S2. The number of sulfone groups is 2. The van der Waals surface area contributed by atoms with Gasteiger partial charge in [-0.2, -0.15) is 26.3 Å². The fourth-order valence-electron chi connectivity index (χ4n) is 2.07. The van der Waals surface area contributed by atoms with Crippen LogP contribution in [0.15, 0.2) is 10.2 Å². The number of aromatic nitrogens is 2. The number of alkyl halides is 6. The van der Waals surface area contributed by atoms with E-state index in [0.717, 1.165) is 0 Å². The quantitative estimate of drug-likeness (QED) is 0.685. The van der Waals surface area contributed by atoms with Gasteiger partial charge in [0, 0.05) is 19.6 Å². The monoisotopic (exact) mass is 401 g/mol. The number of likely N-dealkylation sites (N-methyl/N-ethyl adjacent to an activating group) is 1. The molecule has 0 aliphatic carbocycles. The van der Waals surface area contributed by atoms with Crippen LogP contribution < -0.4 is 0 Å². The fraction of sp³-hybridized carbons (Fsp3) is 0.667. The zero-order valence-corrected chi connectivity index (χ0v) is 13.3. The minimum absolute atomic E-state index is 0.00472. The number of rotatable bonds is 2. The zero-order chi connectivity index (χ0) is 18.7. The minimum atomic E-state index is -6.12. The Hall–Kier alpha value is -1.35. The zero-order valence-electron chi connectivity index (χ0n) is 11.7. The molecule has 7 nitrogen and oxygen atoms in total. The molecule has 0 N–H and O–H groups in total. The lowest BCUT2D eigenvalue weighted by Gasteiger charge is -2.25. The summed E-state index contributed by atoms with van der Waals surface area (Å²) in [7, 11) is -10.9. The van der Waals surface area contributed by atoms with E-state index in [2.05, 4.69) is 4.98 Å². The molecule has 1 aliphatic rings. The molecule has 0 amide bonds. The highest BCUT2D eigenvalue weighted by atomic mass is 32.2. The molecule has 1 aromatic heterocycles. The van der Waals surface area contributed by atoms with Gasteiger partial charge in [-0.25, -0.2) is 21.8 Å². The molecule has 0 bridgehead atoms. The summed E-state index contributed by atoms with van der Waals surface area (Å²) in [6.45, 7) is -0.975. The highest BCUT2D eigenvalue weighted by Gasteiger charge is 2.54. The number of hydrogen-bond donors (Lipinski definition) is 0. The van der Waals surface area contributed by atoms with E-state index in [0.29, 0.717) is 4.57 Å². The van der Waals surface area contributed by atoms with Gasteiger partial charge in [-0.3, -0.25) is 4.90 Å². The Bertz CT molecular complexity index is 868. The van der Waals surface area contributed by atoms with Crippen LogP contribution in [0.1, 0.15) is 5.69 Å². The van der Waals surface area contributed by atoms with Gasteiger partial charge in [-0.1, -0.05) is 0 Å². The maximum atomic E-state index is 12.7. The van der Waals surface area contributed by atoms with E-state index in [1.165, 1.54) is 11.9 Å². The number of imidazole rings is 1. The summed E-state index contributed by atoms with van der Waals surface area (Å²) in [6, 6.07) is 0. The lowest BCUT2D eigenvalue weighted by atomic mass is 10.3. The minimum Gasteiger partial charge on any atom is -0.315 e. The molecule has 0 aromatic carbocycles. The number of halogens is 6. The van der Waals surface area contributed by atoms with Gasteiger partial charge in [0.15, 0.2) is 5.03 Å². The molecule has 0 saturated heterocycles. The van der Waals surface area contributed by atoms with Crippen molar-refractivity contribution < 1.29 is 43.2 Å². The smallest absolute Gasteiger partial charge is 0.315 e. The first-order chi connectivity index (χ1) is 10.6. The molecule has 0 spiro atoms. The summed E-state index contributed by atoms with van der Waals surface area (Å²) in [5.74, 6) is 0. The Morgan fingerprint density at radius 1 is 0.917 bits per heavy atom. The van der Waals surface area contributed by atoms with Gasteiger partial charge in [-0.15, -0.1) is 0 Å². The van der Waals surface area contributed by atoms with E-state index in [9.17, 15) is 43.2 Å². The topological polar surface area (TPSA) is 89.3 Å². The molecule has 0 saturated carbocycles. The number of fused-ring (bicyclic) bond motifs is 1. The van der Waals surface area contributed by atoms with Crippen LogP contribution >= 0.6 is 0 Å². The maximum Gasteiger partial charge on any atom is 0.504 e. The lowest BCUT2D eigenvalue weighted by molar-refractivity contribution is -0.0444. The molecule has 138 valence electrons. The molecule has 2 rings (SSSR count). The highest BCUT2D eigenvalue weighted by molar-refractivity contribution is 7.93. The van der Waals surface area contributed by atoms with Gasteiger partial charge in [0.2, 0.25) is 5.16 Å². The predicted molar refractivity (Wildman–Crippen MR) is 65.0 cm³/mol. The average Bonchev–Trinajstić information content (AvgIpc) is 2.75. The summed E-state index contributed by atoms with van der Waals surface area (Å²) in [6.07, 6.45) is 0. The third kappa shape index (κ3) is 2.77. The lowest BCUT2D eigenvalue weighted by Crippen LogP contribution is -2.34. The second-order valence-electron chi connectivity index (χ2n) is 4.93. The van der Waals surface area contributed by atoms with Crippen molar-refractivity contribution in [3.8, 4) is 0 Å². The van der Waals surface area contributed by atoms with Crippen LogP contribution in [0.25, 0.3) is 0 Å². The van der Waals surface area contributed by atoms with Gasteiger partial charge in [0.25, 0.3) is 9.84 Å². The van der Waals surface area contributed by atoms with Crippen molar-refractivity contribution in [2.24, 2.45) is 0 Å².